The van der Waals surface area contributed by atoms with E-state index in [0.29, 0.717) is 17.4 Å². The van der Waals surface area contributed by atoms with Gasteiger partial charge >= 0.3 is 0 Å². The molecule has 1 N–H and O–H groups in total. The number of ketones is 1. The Morgan fingerprint density at radius 2 is 1.85 bits per heavy atom. The molecule has 2 heteroatoms. The zero-order valence-corrected chi connectivity index (χ0v) is 7.05. The van der Waals surface area contributed by atoms with E-state index in [0.717, 1.165) is 6.26 Å². The topological polar surface area (TPSA) is 37.3 Å². The molecular weight excluding hydrogens is 164 g/mol. The van der Waals surface area contributed by atoms with Crippen LogP contribution in [0.3, 0.4) is 0 Å². The third-order valence-electron chi connectivity index (χ3n) is 3.44. The van der Waals surface area contributed by atoms with Crippen molar-refractivity contribution in [1.82, 2.24) is 0 Å². The van der Waals surface area contributed by atoms with E-state index in [2.05, 4.69) is 18.2 Å². The van der Waals surface area contributed by atoms with Crippen LogP contribution in [0, 0.1) is 23.7 Å². The number of hydrogen-bond donors (Lipinski definition) is 1. The monoisotopic (exact) mass is 174 g/mol. The van der Waals surface area contributed by atoms with Gasteiger partial charge in [0.1, 0.15) is 0 Å². The molecule has 3 aliphatic carbocycles. The van der Waals surface area contributed by atoms with E-state index >= 15 is 0 Å². The predicted molar refractivity (Wildman–Crippen MR) is 48.0 cm³/mol. The van der Waals surface area contributed by atoms with Crippen molar-refractivity contribution in [3.05, 3.63) is 36.1 Å². The van der Waals surface area contributed by atoms with Gasteiger partial charge in [0.05, 0.1) is 6.26 Å². The maximum Gasteiger partial charge on any atom is 0.169 e. The summed E-state index contributed by atoms with van der Waals surface area (Å²) >= 11 is 0. The molecule has 2 nitrogen and oxygen atoms in total. The number of hydrogen-bond acceptors (Lipinski definition) is 2. The van der Waals surface area contributed by atoms with E-state index in [1.165, 1.54) is 0 Å². The van der Waals surface area contributed by atoms with Crippen molar-refractivity contribution >= 4 is 5.78 Å². The molecule has 3 aliphatic rings. The molecule has 0 spiro atoms. The average molecular weight is 174 g/mol. The molecule has 13 heavy (non-hydrogen) atoms. The summed E-state index contributed by atoms with van der Waals surface area (Å²) in [5.41, 5.74) is 0.595. The van der Waals surface area contributed by atoms with Crippen molar-refractivity contribution in [2.45, 2.75) is 0 Å². The maximum atomic E-state index is 11.7. The van der Waals surface area contributed by atoms with Gasteiger partial charge in [-0.3, -0.25) is 4.79 Å². The number of carbonyl (C=O) groups excluding carboxylic acids is 1. The van der Waals surface area contributed by atoms with Gasteiger partial charge in [-0.1, -0.05) is 24.3 Å². The second-order valence-corrected chi connectivity index (χ2v) is 3.92. The lowest BCUT2D eigenvalue weighted by Gasteiger charge is -2.12. The molecule has 0 radical (unpaired) electrons. The minimum absolute atomic E-state index is 0.0309. The highest BCUT2D eigenvalue weighted by molar-refractivity contribution is 6.02. The summed E-state index contributed by atoms with van der Waals surface area (Å²) in [6.07, 6.45) is 9.29. The summed E-state index contributed by atoms with van der Waals surface area (Å²) in [4.78, 5) is 11.7. The van der Waals surface area contributed by atoms with Crippen LogP contribution in [0.1, 0.15) is 0 Å². The highest BCUT2D eigenvalue weighted by Crippen LogP contribution is 2.52. The lowest BCUT2D eigenvalue weighted by Crippen LogP contribution is -2.12. The Balaban J connectivity index is 2.14. The van der Waals surface area contributed by atoms with Gasteiger partial charge in [0.25, 0.3) is 0 Å². The van der Waals surface area contributed by atoms with Crippen molar-refractivity contribution in [1.29, 1.82) is 0 Å². The van der Waals surface area contributed by atoms with Gasteiger partial charge in [-0.2, -0.15) is 0 Å². The Morgan fingerprint density at radius 1 is 1.15 bits per heavy atom. The number of aliphatic hydroxyl groups is 1. The van der Waals surface area contributed by atoms with Crippen LogP contribution in [0.4, 0.5) is 0 Å². The predicted octanol–water partition coefficient (Wildman–Crippen LogP) is 1.62. The van der Waals surface area contributed by atoms with Gasteiger partial charge in [0.2, 0.25) is 0 Å². The van der Waals surface area contributed by atoms with Crippen LogP contribution >= 0.6 is 0 Å². The number of carbonyl (C=O) groups is 1. The first-order valence-electron chi connectivity index (χ1n) is 4.58. The second-order valence-electron chi connectivity index (χ2n) is 3.92. The fourth-order valence-electron chi connectivity index (χ4n) is 2.86. The molecule has 0 aromatic carbocycles. The first-order chi connectivity index (χ1) is 6.33. The number of aliphatic hydroxyl groups excluding tert-OH is 1. The number of allylic oxidation sites excluding steroid dienone is 5. The molecule has 1 fully saturated rings. The maximum absolute atomic E-state index is 11.7. The van der Waals surface area contributed by atoms with E-state index in [4.69, 9.17) is 5.11 Å². The molecule has 0 aliphatic heterocycles. The molecule has 0 saturated heterocycles. The fourth-order valence-corrected chi connectivity index (χ4v) is 2.86. The minimum atomic E-state index is 0.0309. The van der Waals surface area contributed by atoms with E-state index in [9.17, 15) is 4.79 Å². The zero-order chi connectivity index (χ0) is 9.00. The van der Waals surface area contributed by atoms with Crippen molar-refractivity contribution in [2.24, 2.45) is 23.7 Å². The van der Waals surface area contributed by atoms with Crippen LogP contribution in [-0.4, -0.2) is 10.9 Å². The summed E-state index contributed by atoms with van der Waals surface area (Å²) in [5, 5.41) is 8.97. The van der Waals surface area contributed by atoms with Crippen LogP contribution in [0.25, 0.3) is 0 Å². The summed E-state index contributed by atoms with van der Waals surface area (Å²) in [7, 11) is 0. The number of Topliss-reactive ketones (excluding diaryl/α,β-unsaturated/α-hetero) is 1. The van der Waals surface area contributed by atoms with E-state index < -0.39 is 0 Å². The SMILES string of the molecule is O=C1/C(=C\O)C2C=CC3C=CC1C32. The van der Waals surface area contributed by atoms with Gasteiger partial charge in [-0.25, -0.2) is 0 Å². The largest absolute Gasteiger partial charge is 0.515 e. The zero-order valence-electron chi connectivity index (χ0n) is 7.05. The van der Waals surface area contributed by atoms with E-state index in [1.54, 1.807) is 0 Å². The highest BCUT2D eigenvalue weighted by atomic mass is 16.2. The molecule has 3 rings (SSSR count). The van der Waals surface area contributed by atoms with Crippen LogP contribution in [0.2, 0.25) is 0 Å². The summed E-state index contributed by atoms with van der Waals surface area (Å²) in [5.74, 6) is 1.12. The molecule has 1 saturated carbocycles. The minimum Gasteiger partial charge on any atom is -0.515 e. The summed E-state index contributed by atoms with van der Waals surface area (Å²) < 4.78 is 0. The Kier molecular flexibility index (Phi) is 1.17. The van der Waals surface area contributed by atoms with Gasteiger partial charge in [-0.15, -0.1) is 0 Å². The Hall–Kier alpha value is -1.31. The van der Waals surface area contributed by atoms with Crippen molar-refractivity contribution < 1.29 is 9.90 Å². The number of rotatable bonds is 0. The van der Waals surface area contributed by atoms with Crippen molar-refractivity contribution in [3.63, 3.8) is 0 Å². The summed E-state index contributed by atoms with van der Waals surface area (Å²) in [6, 6.07) is 0. The summed E-state index contributed by atoms with van der Waals surface area (Å²) in [6.45, 7) is 0. The van der Waals surface area contributed by atoms with Gasteiger partial charge < -0.3 is 5.11 Å². The Morgan fingerprint density at radius 3 is 2.54 bits per heavy atom. The quantitative estimate of drug-likeness (QED) is 0.344. The third kappa shape index (κ3) is 0.671. The molecule has 0 aromatic rings. The smallest absolute Gasteiger partial charge is 0.169 e. The standard InChI is InChI=1S/C11H10O2/c12-5-9-7-3-1-6-2-4-8(10(6)7)11(9)13/h1-8,10,12H/b9-5-. The molecule has 4 unspecified atom stereocenters. The molecule has 66 valence electrons. The van der Waals surface area contributed by atoms with Crippen LogP contribution < -0.4 is 0 Å². The van der Waals surface area contributed by atoms with Gasteiger partial charge in [0, 0.05) is 17.4 Å². The first-order valence-corrected chi connectivity index (χ1v) is 4.58. The van der Waals surface area contributed by atoms with E-state index in [-0.39, 0.29) is 17.6 Å². The van der Waals surface area contributed by atoms with Crippen LogP contribution in [0.5, 0.6) is 0 Å². The third-order valence-corrected chi connectivity index (χ3v) is 3.44. The fraction of sp³-hybridized carbons (Fsp3) is 0.364. The van der Waals surface area contributed by atoms with Gasteiger partial charge in [0.15, 0.2) is 5.78 Å². The van der Waals surface area contributed by atoms with Gasteiger partial charge in [-0.05, 0) is 11.8 Å². The van der Waals surface area contributed by atoms with Crippen molar-refractivity contribution in [2.75, 3.05) is 0 Å². The highest BCUT2D eigenvalue weighted by Gasteiger charge is 2.51. The lowest BCUT2D eigenvalue weighted by atomic mass is 9.89. The molecule has 0 aromatic heterocycles. The Labute approximate surface area is 76.3 Å². The molecular formula is C11H10O2. The van der Waals surface area contributed by atoms with Crippen LogP contribution in [-0.2, 0) is 4.79 Å². The first kappa shape index (κ1) is 7.13. The average Bonchev–Trinajstić information content (AvgIpc) is 2.71. The molecule has 0 amide bonds. The second kappa shape index (κ2) is 2.13. The molecule has 0 heterocycles. The normalized spacial score (nSPS) is 48.0. The van der Waals surface area contributed by atoms with Crippen molar-refractivity contribution in [3.8, 4) is 0 Å². The molecule has 4 atom stereocenters. The van der Waals surface area contributed by atoms with Crippen LogP contribution in [0.15, 0.2) is 36.1 Å². The molecule has 0 bridgehead atoms. The van der Waals surface area contributed by atoms with E-state index in [1.807, 2.05) is 6.08 Å². The lowest BCUT2D eigenvalue weighted by molar-refractivity contribution is -0.117. The Bertz CT molecular complexity index is 362.